The van der Waals surface area contributed by atoms with E-state index in [0.717, 1.165) is 87.3 Å². The Balaban J connectivity index is 0.983. The lowest BCUT2D eigenvalue weighted by atomic mass is 9.52. The number of nitrogens with zero attached hydrogens (tertiary/aromatic N) is 1. The van der Waals surface area contributed by atoms with Crippen molar-refractivity contribution in [3.05, 3.63) is 76.4 Å². The lowest BCUT2D eigenvalue weighted by Gasteiger charge is -2.53. The molecule has 4 saturated heterocycles. The van der Waals surface area contributed by atoms with E-state index in [2.05, 4.69) is 75.6 Å². The summed E-state index contributed by atoms with van der Waals surface area (Å²) in [5.41, 5.74) is 3.85. The largest absolute Gasteiger partial charge is 0.458 e. The summed E-state index contributed by atoms with van der Waals surface area (Å²) in [5, 5.41) is 16.7. The van der Waals surface area contributed by atoms with Crippen molar-refractivity contribution in [2.75, 3.05) is 13.2 Å². The number of nitrogens with one attached hydrogen (secondary N) is 2. The Hall–Kier alpha value is -3.65. The van der Waals surface area contributed by atoms with Crippen molar-refractivity contribution in [2.45, 2.75) is 186 Å². The zero-order valence-electron chi connectivity index (χ0n) is 38.7. The van der Waals surface area contributed by atoms with Gasteiger partial charge in [-0.15, -0.1) is 0 Å². The number of unbranched alkanes of at least 4 members (excludes halogenated alkanes) is 4. The first kappa shape index (κ1) is 45.5. The molecule has 2 aromatic rings. The van der Waals surface area contributed by atoms with Crippen molar-refractivity contribution >= 4 is 23.9 Å². The fourth-order valence-electron chi connectivity index (χ4n) is 12.5. The van der Waals surface area contributed by atoms with Crippen molar-refractivity contribution in [3.63, 3.8) is 0 Å². The number of amides is 2. The molecule has 1 unspecified atom stereocenters. The maximum absolute atomic E-state index is 15.0. The molecule has 0 aromatic heterocycles. The number of benzene rings is 2. The van der Waals surface area contributed by atoms with Crippen molar-refractivity contribution in [2.24, 2.45) is 22.7 Å². The number of carbonyl (C=O) groups is 3. The van der Waals surface area contributed by atoms with Gasteiger partial charge < -0.3 is 34.7 Å². The third-order valence-corrected chi connectivity index (χ3v) is 16.1. The molecule has 2 bridgehead atoms. The number of aliphatic hydroxyl groups is 1. The molecule has 0 radical (unpaired) electrons. The second kappa shape index (κ2) is 18.2. The van der Waals surface area contributed by atoms with Gasteiger partial charge in [-0.25, -0.2) is 0 Å². The molecule has 0 spiro atoms. The van der Waals surface area contributed by atoms with Gasteiger partial charge in [0.15, 0.2) is 11.8 Å². The summed E-state index contributed by atoms with van der Waals surface area (Å²) < 4.78 is 26.5. The summed E-state index contributed by atoms with van der Waals surface area (Å²) in [5.74, 6) is -0.716. The van der Waals surface area contributed by atoms with Crippen LogP contribution in [0.15, 0.2) is 54.1 Å². The van der Waals surface area contributed by atoms with E-state index in [-0.39, 0.29) is 50.1 Å². The normalized spacial score (nSPS) is 34.8. The molecule has 12 heteroatoms. The summed E-state index contributed by atoms with van der Waals surface area (Å²) in [6, 6.07) is 14.6. The second-order valence-electron chi connectivity index (χ2n) is 20.9. The number of hydrogen-bond acceptors (Lipinski definition) is 10. The summed E-state index contributed by atoms with van der Waals surface area (Å²) in [7, 11) is 0. The van der Waals surface area contributed by atoms with E-state index >= 15 is 4.79 Å². The number of epoxide rings is 1. The van der Waals surface area contributed by atoms with Crippen LogP contribution in [0.1, 0.15) is 152 Å². The van der Waals surface area contributed by atoms with Crippen LogP contribution in [-0.2, 0) is 46.5 Å². The van der Waals surface area contributed by atoms with Crippen LogP contribution in [-0.4, -0.2) is 89.1 Å². The molecule has 2 amide bonds. The molecule has 10 atom stereocenters. The molecular formula is C52H71N3O9. The fraction of sp³-hybridized carbons (Fsp3) is 0.673. The van der Waals surface area contributed by atoms with Gasteiger partial charge in [-0.05, 0) is 97.9 Å². The average Bonchev–Trinajstić information content (AvgIpc) is 3.56. The molecule has 4 aliphatic heterocycles. The predicted octanol–water partition coefficient (Wildman–Crippen LogP) is 7.94. The Morgan fingerprint density at radius 1 is 0.891 bits per heavy atom. The number of allylic oxidation sites excluding steroid dienone is 1. The van der Waals surface area contributed by atoms with Gasteiger partial charge in [0, 0.05) is 37.9 Å². The smallest absolute Gasteiger partial charge is 0.327 e. The highest BCUT2D eigenvalue weighted by molar-refractivity contribution is 5.95. The van der Waals surface area contributed by atoms with Crippen LogP contribution in [0.25, 0.3) is 6.08 Å². The maximum Gasteiger partial charge on any atom is 0.327 e. The van der Waals surface area contributed by atoms with Crippen LogP contribution in [0.4, 0.5) is 0 Å². The Morgan fingerprint density at radius 3 is 2.36 bits per heavy atom. The van der Waals surface area contributed by atoms with Crippen LogP contribution in [0.3, 0.4) is 0 Å². The summed E-state index contributed by atoms with van der Waals surface area (Å²) in [6.45, 7) is 11.9. The second-order valence-corrected chi connectivity index (χ2v) is 20.9. The van der Waals surface area contributed by atoms with E-state index in [1.54, 1.807) is 23.3 Å². The average molecular weight is 882 g/mol. The van der Waals surface area contributed by atoms with E-state index in [4.69, 9.17) is 23.8 Å². The van der Waals surface area contributed by atoms with Crippen molar-refractivity contribution in [1.82, 2.24) is 15.7 Å². The number of hydrogen-bond donors (Lipinski definition) is 3. The zero-order valence-corrected chi connectivity index (χ0v) is 38.7. The number of esters is 1. The molecule has 2 aromatic carbocycles. The minimum absolute atomic E-state index is 0.0459. The van der Waals surface area contributed by atoms with Gasteiger partial charge in [-0.3, -0.25) is 19.2 Å². The van der Waals surface area contributed by atoms with Gasteiger partial charge in [-0.1, -0.05) is 101 Å². The van der Waals surface area contributed by atoms with Crippen molar-refractivity contribution in [3.8, 4) is 0 Å². The van der Waals surface area contributed by atoms with Crippen LogP contribution < -0.4 is 10.6 Å². The molecule has 348 valence electrons. The van der Waals surface area contributed by atoms with Crippen LogP contribution in [0.5, 0.6) is 0 Å². The topological polar surface area (TPSA) is 148 Å². The highest BCUT2D eigenvalue weighted by Crippen LogP contribution is 2.61. The van der Waals surface area contributed by atoms with Gasteiger partial charge >= 0.3 is 5.97 Å². The summed E-state index contributed by atoms with van der Waals surface area (Å²) >= 11 is 0. The van der Waals surface area contributed by atoms with E-state index < -0.39 is 47.6 Å². The Labute approximate surface area is 379 Å². The van der Waals surface area contributed by atoms with Crippen molar-refractivity contribution < 1.29 is 43.3 Å². The van der Waals surface area contributed by atoms with Gasteiger partial charge in [0.25, 0.3) is 5.91 Å². The standard InChI is InChI=1S/C52H71N3O9/c1-6-8-10-22-51(23-11-9-7-2)62-42-40-30-52(48(59)54-31-35-13-12-14-37(28-35)46(57)53-25-26-56)44(47(58)60-40)55(64-45(52)43(42)63-51)32-34-17-15-33(16-18-34)27-36-19-20-41-50(5,61-41)24-21-39-38(36)29-49(39,3)4/h12-18,27-28,38-45,56H,6-11,19-26,29-32H2,1-5H3,(H,53,57)(H,54,59)/t38-,39-,40-,41?,42+,43+,44+,45-,50-,52+/m1/s1. The van der Waals surface area contributed by atoms with E-state index in [1.165, 1.54) is 18.4 Å². The van der Waals surface area contributed by atoms with Gasteiger partial charge in [0.05, 0.1) is 24.9 Å². The molecule has 7 aliphatic rings. The fourth-order valence-corrected chi connectivity index (χ4v) is 12.5. The van der Waals surface area contributed by atoms with Crippen LogP contribution >= 0.6 is 0 Å². The number of hydroxylamine groups is 2. The van der Waals surface area contributed by atoms with E-state index in [1.807, 2.05) is 6.07 Å². The van der Waals surface area contributed by atoms with Gasteiger partial charge in [0.1, 0.15) is 29.8 Å². The predicted molar refractivity (Wildman–Crippen MR) is 241 cm³/mol. The SMILES string of the molecule is CCCCCC1(CCCCC)O[C@@H]2[C@H](O1)[C@H]1ON(Cc3ccc(C=C4CCC5O[C@]5(C)CC[C@@H]5[C@@H]4CC5(C)C)cc3)[C@H]3C(=O)O[C@@H]2C[C@@]13C(=O)NCc1cccc(C(=O)NCCO)c1. The maximum atomic E-state index is 15.0. The van der Waals surface area contributed by atoms with Gasteiger partial charge in [-0.2, -0.15) is 5.06 Å². The minimum Gasteiger partial charge on any atom is -0.458 e. The van der Waals surface area contributed by atoms with Crippen LogP contribution in [0.2, 0.25) is 0 Å². The molecular weight excluding hydrogens is 811 g/mol. The molecule has 3 aliphatic carbocycles. The van der Waals surface area contributed by atoms with E-state index in [0.29, 0.717) is 28.9 Å². The third-order valence-electron chi connectivity index (χ3n) is 16.1. The Morgan fingerprint density at radius 2 is 1.64 bits per heavy atom. The molecule has 7 fully saturated rings. The number of fused-ring (bicyclic) bond motifs is 6. The monoisotopic (exact) mass is 882 g/mol. The quantitative estimate of drug-likeness (QED) is 0.0813. The van der Waals surface area contributed by atoms with E-state index in [9.17, 15) is 14.7 Å². The Kier molecular flexibility index (Phi) is 12.9. The number of rotatable bonds is 17. The lowest BCUT2D eigenvalue weighted by molar-refractivity contribution is -0.224. The molecule has 3 saturated carbocycles. The highest BCUT2D eigenvalue weighted by Gasteiger charge is 2.76. The van der Waals surface area contributed by atoms with Crippen LogP contribution in [0, 0.1) is 22.7 Å². The Bertz CT molecular complexity index is 2060. The number of ether oxygens (including phenoxy) is 4. The molecule has 9 rings (SSSR count). The first-order chi connectivity index (χ1) is 30.8. The number of aliphatic hydroxyl groups excluding tert-OH is 1. The highest BCUT2D eigenvalue weighted by atomic mass is 16.8. The first-order valence-corrected chi connectivity index (χ1v) is 24.5. The zero-order chi connectivity index (χ0) is 44.9. The molecule has 4 heterocycles. The lowest BCUT2D eigenvalue weighted by Crippen LogP contribution is -2.69. The minimum atomic E-state index is -1.32. The number of carbonyl (C=O) groups excluding carboxylic acids is 3. The third kappa shape index (κ3) is 8.60. The first-order valence-electron chi connectivity index (χ1n) is 24.5. The molecule has 64 heavy (non-hydrogen) atoms. The van der Waals surface area contributed by atoms with Crippen molar-refractivity contribution in [1.29, 1.82) is 0 Å². The molecule has 3 N–H and O–H groups in total. The summed E-state index contributed by atoms with van der Waals surface area (Å²) in [6.07, 6.45) is 13.5. The molecule has 12 nitrogen and oxygen atoms in total. The summed E-state index contributed by atoms with van der Waals surface area (Å²) in [4.78, 5) is 49.1. The van der Waals surface area contributed by atoms with Gasteiger partial charge in [0.2, 0.25) is 5.91 Å².